The normalized spacial score (nSPS) is 13.6. The van der Waals surface area contributed by atoms with Crippen LogP contribution in [0.4, 0.5) is 17.6 Å². The van der Waals surface area contributed by atoms with Crippen LogP contribution < -0.4 is 5.32 Å². The summed E-state index contributed by atoms with van der Waals surface area (Å²) in [6.07, 6.45) is -4.70. The zero-order chi connectivity index (χ0) is 14.5. The Bertz CT molecular complexity index is 406. The zero-order valence-electron chi connectivity index (χ0n) is 10.5. The summed E-state index contributed by atoms with van der Waals surface area (Å²) >= 11 is 5.56. The quantitative estimate of drug-likeness (QED) is 0.770. The number of rotatable bonds is 6. The van der Waals surface area contributed by atoms with Crippen molar-refractivity contribution >= 4 is 11.6 Å². The van der Waals surface area contributed by atoms with Crippen LogP contribution in [0.1, 0.15) is 25.3 Å². The van der Waals surface area contributed by atoms with Crippen LogP contribution in [0.5, 0.6) is 0 Å². The number of benzene rings is 1. The standard InChI is InChI=1S/C13H16ClF4N/c1-2-19-10(5-6-13(16,17)18)7-9-3-4-11(14)12(15)8-9/h3-4,8,10,19H,2,5-7H2,1H3. The van der Waals surface area contributed by atoms with Gasteiger partial charge in [0.1, 0.15) is 5.82 Å². The van der Waals surface area contributed by atoms with E-state index in [9.17, 15) is 17.6 Å². The molecule has 1 atom stereocenters. The highest BCUT2D eigenvalue weighted by molar-refractivity contribution is 6.30. The molecule has 0 heterocycles. The molecule has 1 aromatic rings. The average Bonchev–Trinajstić information content (AvgIpc) is 2.30. The first kappa shape index (κ1) is 16.2. The topological polar surface area (TPSA) is 12.0 Å². The number of hydrogen-bond donors (Lipinski definition) is 1. The molecule has 0 spiro atoms. The average molecular weight is 298 g/mol. The van der Waals surface area contributed by atoms with Gasteiger partial charge in [-0.05, 0) is 37.1 Å². The molecule has 0 aromatic heterocycles. The van der Waals surface area contributed by atoms with Gasteiger partial charge < -0.3 is 5.32 Å². The first-order chi connectivity index (χ1) is 8.81. The Hall–Kier alpha value is -0.810. The van der Waals surface area contributed by atoms with Crippen LogP contribution in [0, 0.1) is 5.82 Å². The lowest BCUT2D eigenvalue weighted by Crippen LogP contribution is -2.32. The third kappa shape index (κ3) is 6.25. The van der Waals surface area contributed by atoms with Gasteiger partial charge in [-0.25, -0.2) is 4.39 Å². The van der Waals surface area contributed by atoms with Crippen molar-refractivity contribution in [2.45, 2.75) is 38.4 Å². The second-order valence-corrected chi connectivity index (χ2v) is 4.77. The Morgan fingerprint density at radius 2 is 2.00 bits per heavy atom. The van der Waals surface area contributed by atoms with E-state index in [-0.39, 0.29) is 17.5 Å². The molecule has 6 heteroatoms. The molecule has 1 rings (SSSR count). The number of likely N-dealkylation sites (N-methyl/N-ethyl adjacent to an activating group) is 1. The molecule has 1 unspecified atom stereocenters. The third-order valence-electron chi connectivity index (χ3n) is 2.74. The summed E-state index contributed by atoms with van der Waals surface area (Å²) in [5.74, 6) is -0.551. The van der Waals surface area contributed by atoms with E-state index in [1.807, 2.05) is 6.92 Å². The van der Waals surface area contributed by atoms with Crippen LogP contribution in [-0.2, 0) is 6.42 Å². The maximum atomic E-state index is 13.3. The molecule has 1 N–H and O–H groups in total. The van der Waals surface area contributed by atoms with Crippen molar-refractivity contribution in [2.75, 3.05) is 6.54 Å². The minimum atomic E-state index is -4.17. The first-order valence-corrected chi connectivity index (χ1v) is 6.43. The van der Waals surface area contributed by atoms with Crippen LogP contribution in [0.3, 0.4) is 0 Å². The minimum Gasteiger partial charge on any atom is -0.314 e. The SMILES string of the molecule is CCNC(CCC(F)(F)F)Cc1ccc(Cl)c(F)c1. The van der Waals surface area contributed by atoms with E-state index in [1.165, 1.54) is 12.1 Å². The lowest BCUT2D eigenvalue weighted by molar-refractivity contribution is -0.136. The first-order valence-electron chi connectivity index (χ1n) is 6.06. The molecule has 0 bridgehead atoms. The van der Waals surface area contributed by atoms with Crippen molar-refractivity contribution < 1.29 is 17.6 Å². The molecular weight excluding hydrogens is 282 g/mol. The molecule has 0 aliphatic heterocycles. The van der Waals surface area contributed by atoms with Gasteiger partial charge in [-0.1, -0.05) is 24.6 Å². The van der Waals surface area contributed by atoms with Gasteiger partial charge in [0.25, 0.3) is 0 Å². The fourth-order valence-corrected chi connectivity index (χ4v) is 1.97. The predicted octanol–water partition coefficient (Wildman–Crippen LogP) is 4.34. The largest absolute Gasteiger partial charge is 0.389 e. The molecule has 0 amide bonds. The highest BCUT2D eigenvalue weighted by atomic mass is 35.5. The van der Waals surface area contributed by atoms with E-state index < -0.39 is 18.4 Å². The number of halogens is 5. The summed E-state index contributed by atoms with van der Waals surface area (Å²) in [6.45, 7) is 2.39. The van der Waals surface area contributed by atoms with Crippen molar-refractivity contribution in [3.05, 3.63) is 34.6 Å². The van der Waals surface area contributed by atoms with Crippen molar-refractivity contribution in [3.63, 3.8) is 0 Å². The molecule has 108 valence electrons. The molecule has 0 aliphatic carbocycles. The Labute approximate surface area is 115 Å². The van der Waals surface area contributed by atoms with Crippen molar-refractivity contribution in [3.8, 4) is 0 Å². The van der Waals surface area contributed by atoms with Gasteiger partial charge in [0.15, 0.2) is 0 Å². The number of alkyl halides is 3. The van der Waals surface area contributed by atoms with E-state index in [1.54, 1.807) is 6.07 Å². The Morgan fingerprint density at radius 1 is 1.32 bits per heavy atom. The summed E-state index contributed by atoms with van der Waals surface area (Å²) in [5, 5.41) is 3.00. The van der Waals surface area contributed by atoms with Crippen molar-refractivity contribution in [1.29, 1.82) is 0 Å². The molecule has 0 saturated carbocycles. The Balaban J connectivity index is 2.64. The second-order valence-electron chi connectivity index (χ2n) is 4.36. The second kappa shape index (κ2) is 7.10. The van der Waals surface area contributed by atoms with Crippen molar-refractivity contribution in [1.82, 2.24) is 5.32 Å². The molecule has 0 radical (unpaired) electrons. The van der Waals surface area contributed by atoms with E-state index >= 15 is 0 Å². The van der Waals surface area contributed by atoms with Gasteiger partial charge in [0.2, 0.25) is 0 Å². The molecular formula is C13H16ClF4N. The number of nitrogens with one attached hydrogen (secondary N) is 1. The Morgan fingerprint density at radius 3 is 2.53 bits per heavy atom. The fourth-order valence-electron chi connectivity index (χ4n) is 1.85. The van der Waals surface area contributed by atoms with Crippen LogP contribution >= 0.6 is 11.6 Å². The molecule has 0 aliphatic rings. The molecule has 1 nitrogen and oxygen atoms in total. The predicted molar refractivity (Wildman–Crippen MR) is 67.9 cm³/mol. The highest BCUT2D eigenvalue weighted by Crippen LogP contribution is 2.24. The minimum absolute atomic E-state index is 0.0130. The Kier molecular flexibility index (Phi) is 6.07. The lowest BCUT2D eigenvalue weighted by Gasteiger charge is -2.19. The summed E-state index contributed by atoms with van der Waals surface area (Å²) in [6, 6.07) is 3.98. The van der Waals surface area contributed by atoms with E-state index in [0.717, 1.165) is 0 Å². The molecule has 0 saturated heterocycles. The zero-order valence-corrected chi connectivity index (χ0v) is 11.3. The third-order valence-corrected chi connectivity index (χ3v) is 3.04. The van der Waals surface area contributed by atoms with Gasteiger partial charge in [0.05, 0.1) is 5.02 Å². The molecule has 19 heavy (non-hydrogen) atoms. The van der Waals surface area contributed by atoms with Crippen LogP contribution in [0.15, 0.2) is 18.2 Å². The van der Waals surface area contributed by atoms with Gasteiger partial charge >= 0.3 is 6.18 Å². The van der Waals surface area contributed by atoms with E-state index in [2.05, 4.69) is 5.32 Å². The van der Waals surface area contributed by atoms with Crippen LogP contribution in [-0.4, -0.2) is 18.8 Å². The number of hydrogen-bond acceptors (Lipinski definition) is 1. The van der Waals surface area contributed by atoms with Gasteiger partial charge in [0, 0.05) is 12.5 Å². The smallest absolute Gasteiger partial charge is 0.314 e. The fraction of sp³-hybridized carbons (Fsp3) is 0.538. The van der Waals surface area contributed by atoms with Gasteiger partial charge in [-0.2, -0.15) is 13.2 Å². The monoisotopic (exact) mass is 297 g/mol. The van der Waals surface area contributed by atoms with E-state index in [0.29, 0.717) is 18.5 Å². The maximum Gasteiger partial charge on any atom is 0.389 e. The highest BCUT2D eigenvalue weighted by Gasteiger charge is 2.28. The van der Waals surface area contributed by atoms with Gasteiger partial charge in [-0.3, -0.25) is 0 Å². The summed E-state index contributed by atoms with van der Waals surface area (Å²) in [7, 11) is 0. The van der Waals surface area contributed by atoms with E-state index in [4.69, 9.17) is 11.6 Å². The summed E-state index contributed by atoms with van der Waals surface area (Å²) in [5.41, 5.74) is 0.634. The maximum absolute atomic E-state index is 13.3. The summed E-state index contributed by atoms with van der Waals surface area (Å²) in [4.78, 5) is 0. The summed E-state index contributed by atoms with van der Waals surface area (Å²) < 4.78 is 49.9. The molecule has 0 fully saturated rings. The van der Waals surface area contributed by atoms with Crippen LogP contribution in [0.2, 0.25) is 5.02 Å². The van der Waals surface area contributed by atoms with Crippen LogP contribution in [0.25, 0.3) is 0 Å². The van der Waals surface area contributed by atoms with Gasteiger partial charge in [-0.15, -0.1) is 0 Å². The molecule has 1 aromatic carbocycles. The lowest BCUT2D eigenvalue weighted by atomic mass is 10.0. The van der Waals surface area contributed by atoms with Crippen molar-refractivity contribution in [2.24, 2.45) is 0 Å².